The van der Waals surface area contributed by atoms with Gasteiger partial charge in [0, 0.05) is 13.2 Å². The van der Waals surface area contributed by atoms with Crippen molar-refractivity contribution in [3.05, 3.63) is 23.8 Å². The molecular formula is C11H12N4O4. The third-order valence-corrected chi connectivity index (χ3v) is 2.36. The molecule has 0 saturated carbocycles. The van der Waals surface area contributed by atoms with Gasteiger partial charge < -0.3 is 14.8 Å². The van der Waals surface area contributed by atoms with Gasteiger partial charge in [0.05, 0.1) is 11.8 Å². The molecule has 0 aliphatic rings. The first-order chi connectivity index (χ1) is 8.97. The van der Waals surface area contributed by atoms with Crippen LogP contribution in [0.5, 0.6) is 0 Å². The molecule has 100 valence electrons. The lowest BCUT2D eigenvalue weighted by Crippen LogP contribution is -2.29. The van der Waals surface area contributed by atoms with E-state index in [-0.39, 0.29) is 11.6 Å². The maximum absolute atomic E-state index is 11.7. The van der Waals surface area contributed by atoms with Gasteiger partial charge in [0.25, 0.3) is 5.91 Å². The Balaban J connectivity index is 2.21. The van der Waals surface area contributed by atoms with Crippen LogP contribution in [0, 0.1) is 6.92 Å². The number of carbonyl (C=O) groups excluding carboxylic acids is 1. The van der Waals surface area contributed by atoms with Crippen molar-refractivity contribution >= 4 is 11.9 Å². The van der Waals surface area contributed by atoms with Crippen molar-refractivity contribution in [1.29, 1.82) is 0 Å². The van der Waals surface area contributed by atoms with Crippen LogP contribution in [0.15, 0.2) is 16.8 Å². The van der Waals surface area contributed by atoms with E-state index in [1.807, 2.05) is 0 Å². The maximum Gasteiger partial charge on any atom is 0.322 e. The smallest absolute Gasteiger partial charge is 0.322 e. The lowest BCUT2D eigenvalue weighted by Gasteiger charge is -1.98. The van der Waals surface area contributed by atoms with E-state index < -0.39 is 18.4 Å². The van der Waals surface area contributed by atoms with E-state index in [2.05, 4.69) is 15.4 Å². The highest BCUT2D eigenvalue weighted by Crippen LogP contribution is 2.20. The fourth-order valence-electron chi connectivity index (χ4n) is 1.50. The molecule has 2 N–H and O–H groups in total. The van der Waals surface area contributed by atoms with Gasteiger partial charge in [-0.25, -0.2) is 4.98 Å². The lowest BCUT2D eigenvalue weighted by molar-refractivity contribution is -0.135. The molecule has 2 aromatic heterocycles. The molecule has 0 fully saturated rings. The number of carboxylic acid groups (broad SMARTS) is 1. The Morgan fingerprint density at radius 3 is 2.84 bits per heavy atom. The van der Waals surface area contributed by atoms with Crippen LogP contribution < -0.4 is 5.32 Å². The average molecular weight is 264 g/mol. The summed E-state index contributed by atoms with van der Waals surface area (Å²) < 4.78 is 6.95. The molecule has 19 heavy (non-hydrogen) atoms. The molecule has 8 heteroatoms. The number of rotatable bonds is 4. The maximum atomic E-state index is 11.7. The van der Waals surface area contributed by atoms with Gasteiger partial charge in [0.15, 0.2) is 5.69 Å². The van der Waals surface area contributed by atoms with E-state index in [4.69, 9.17) is 9.52 Å². The van der Waals surface area contributed by atoms with Crippen molar-refractivity contribution in [2.75, 3.05) is 6.54 Å². The normalized spacial score (nSPS) is 10.4. The molecular weight excluding hydrogens is 252 g/mol. The SMILES string of the molecule is Cc1oc(-c2cnn(C)c2)nc1C(=O)NCC(=O)O. The van der Waals surface area contributed by atoms with Crippen LogP contribution in [-0.4, -0.2) is 38.3 Å². The van der Waals surface area contributed by atoms with Gasteiger partial charge in [-0.05, 0) is 6.92 Å². The van der Waals surface area contributed by atoms with Crippen molar-refractivity contribution < 1.29 is 19.1 Å². The highest BCUT2D eigenvalue weighted by Gasteiger charge is 2.19. The zero-order valence-corrected chi connectivity index (χ0v) is 10.4. The Labute approximate surface area is 108 Å². The highest BCUT2D eigenvalue weighted by molar-refractivity contribution is 5.95. The van der Waals surface area contributed by atoms with Gasteiger partial charge in [0.1, 0.15) is 12.3 Å². The molecule has 2 heterocycles. The van der Waals surface area contributed by atoms with Gasteiger partial charge in [0.2, 0.25) is 5.89 Å². The molecule has 0 aromatic carbocycles. The standard InChI is InChI=1S/C11H12N4O4/c1-6-9(10(18)12-4-8(16)17)14-11(19-6)7-3-13-15(2)5-7/h3,5H,4H2,1-2H3,(H,12,18)(H,16,17). The number of carbonyl (C=O) groups is 2. The van der Waals surface area contributed by atoms with Gasteiger partial charge in [-0.1, -0.05) is 0 Å². The second kappa shape index (κ2) is 4.92. The fraction of sp³-hybridized carbons (Fsp3) is 0.273. The van der Waals surface area contributed by atoms with E-state index in [0.717, 1.165) is 0 Å². The van der Waals surface area contributed by atoms with Gasteiger partial charge in [-0.3, -0.25) is 14.3 Å². The number of nitrogens with one attached hydrogen (secondary N) is 1. The minimum atomic E-state index is -1.12. The Bertz CT molecular complexity index is 628. The monoisotopic (exact) mass is 264 g/mol. The molecule has 0 saturated heterocycles. The van der Waals surface area contributed by atoms with Crippen molar-refractivity contribution in [2.24, 2.45) is 7.05 Å². The Hall–Kier alpha value is -2.64. The summed E-state index contributed by atoms with van der Waals surface area (Å²) in [6.07, 6.45) is 3.26. The third kappa shape index (κ3) is 2.79. The van der Waals surface area contributed by atoms with Gasteiger partial charge in [-0.2, -0.15) is 5.10 Å². The lowest BCUT2D eigenvalue weighted by atomic mass is 10.3. The Morgan fingerprint density at radius 1 is 1.53 bits per heavy atom. The molecule has 2 rings (SSSR count). The topological polar surface area (TPSA) is 110 Å². The quantitative estimate of drug-likeness (QED) is 0.816. The number of aryl methyl sites for hydroxylation is 2. The van der Waals surface area contributed by atoms with Crippen molar-refractivity contribution in [1.82, 2.24) is 20.1 Å². The highest BCUT2D eigenvalue weighted by atomic mass is 16.4. The average Bonchev–Trinajstić information content (AvgIpc) is 2.92. The number of amides is 1. The molecule has 0 aliphatic heterocycles. The predicted octanol–water partition coefficient (Wildman–Crippen LogP) is 0.198. The first-order valence-electron chi connectivity index (χ1n) is 5.44. The van der Waals surface area contributed by atoms with Crippen molar-refractivity contribution in [2.45, 2.75) is 6.92 Å². The van der Waals surface area contributed by atoms with E-state index in [0.29, 0.717) is 11.3 Å². The molecule has 0 unspecified atom stereocenters. The van der Waals surface area contributed by atoms with Crippen LogP contribution in [0.1, 0.15) is 16.2 Å². The summed E-state index contributed by atoms with van der Waals surface area (Å²) in [5.41, 5.74) is 0.711. The molecule has 0 spiro atoms. The number of aromatic nitrogens is 3. The summed E-state index contributed by atoms with van der Waals surface area (Å²) in [7, 11) is 1.75. The second-order valence-corrected chi connectivity index (χ2v) is 3.90. The zero-order valence-electron chi connectivity index (χ0n) is 10.4. The largest absolute Gasteiger partial charge is 0.480 e. The molecule has 0 radical (unpaired) electrons. The number of aliphatic carboxylic acids is 1. The van der Waals surface area contributed by atoms with Crippen LogP contribution in [0.3, 0.4) is 0 Å². The molecule has 0 aliphatic carbocycles. The van der Waals surface area contributed by atoms with Crippen molar-refractivity contribution in [3.63, 3.8) is 0 Å². The zero-order chi connectivity index (χ0) is 14.0. The van der Waals surface area contributed by atoms with Gasteiger partial charge >= 0.3 is 5.97 Å². The van der Waals surface area contributed by atoms with E-state index in [1.54, 1.807) is 31.0 Å². The predicted molar refractivity (Wildman–Crippen MR) is 63.4 cm³/mol. The summed E-state index contributed by atoms with van der Waals surface area (Å²) in [6, 6.07) is 0. The summed E-state index contributed by atoms with van der Waals surface area (Å²) in [5.74, 6) is -1.12. The summed E-state index contributed by atoms with van der Waals surface area (Å²) >= 11 is 0. The van der Waals surface area contributed by atoms with Crippen LogP contribution in [0.4, 0.5) is 0 Å². The fourth-order valence-corrected chi connectivity index (χ4v) is 1.50. The summed E-state index contributed by atoms with van der Waals surface area (Å²) in [5, 5.41) is 14.7. The molecule has 1 amide bonds. The van der Waals surface area contributed by atoms with E-state index in [9.17, 15) is 9.59 Å². The molecule has 8 nitrogen and oxygen atoms in total. The van der Waals surface area contributed by atoms with E-state index in [1.165, 1.54) is 0 Å². The van der Waals surface area contributed by atoms with Crippen LogP contribution in [-0.2, 0) is 11.8 Å². The third-order valence-electron chi connectivity index (χ3n) is 2.36. The first kappa shape index (κ1) is 12.8. The van der Waals surface area contributed by atoms with E-state index >= 15 is 0 Å². The summed E-state index contributed by atoms with van der Waals surface area (Å²) in [4.78, 5) is 26.1. The Kier molecular flexibility index (Phi) is 3.32. The number of oxazole rings is 1. The Morgan fingerprint density at radius 2 is 2.26 bits per heavy atom. The minimum absolute atomic E-state index is 0.0695. The summed E-state index contributed by atoms with van der Waals surface area (Å²) in [6.45, 7) is 1.12. The number of hydrogen-bond acceptors (Lipinski definition) is 5. The molecule has 2 aromatic rings. The van der Waals surface area contributed by atoms with Crippen LogP contribution in [0.25, 0.3) is 11.5 Å². The number of carboxylic acids is 1. The van der Waals surface area contributed by atoms with Crippen LogP contribution >= 0.6 is 0 Å². The first-order valence-corrected chi connectivity index (χ1v) is 5.44. The minimum Gasteiger partial charge on any atom is -0.480 e. The number of hydrogen-bond donors (Lipinski definition) is 2. The molecule has 0 atom stereocenters. The van der Waals surface area contributed by atoms with Crippen LogP contribution in [0.2, 0.25) is 0 Å². The molecule has 0 bridgehead atoms. The second-order valence-electron chi connectivity index (χ2n) is 3.90. The number of nitrogens with zero attached hydrogens (tertiary/aromatic N) is 3. The van der Waals surface area contributed by atoms with Gasteiger partial charge in [-0.15, -0.1) is 0 Å². The van der Waals surface area contributed by atoms with Crippen molar-refractivity contribution in [3.8, 4) is 11.5 Å².